The van der Waals surface area contributed by atoms with E-state index in [-0.39, 0.29) is 6.61 Å². The molecule has 1 aliphatic rings. The minimum absolute atomic E-state index is 0.150. The first-order valence-corrected chi connectivity index (χ1v) is 6.99. The number of rotatable bonds is 4. The fourth-order valence-corrected chi connectivity index (χ4v) is 2.89. The molecule has 112 valence electrons. The van der Waals surface area contributed by atoms with Crippen molar-refractivity contribution >= 4 is 0 Å². The molecule has 0 radical (unpaired) electrons. The third-order valence-corrected chi connectivity index (χ3v) is 3.86. The third-order valence-electron chi connectivity index (χ3n) is 3.86. The highest BCUT2D eigenvalue weighted by molar-refractivity contribution is 5.29. The van der Waals surface area contributed by atoms with Crippen molar-refractivity contribution in [1.29, 1.82) is 0 Å². The van der Waals surface area contributed by atoms with Crippen molar-refractivity contribution < 1.29 is 18.3 Å². The van der Waals surface area contributed by atoms with Gasteiger partial charge in [0.2, 0.25) is 0 Å². The molecular weight excluding hydrogens is 267 g/mol. The van der Waals surface area contributed by atoms with Crippen LogP contribution in [0.1, 0.15) is 30.4 Å². The minimum Gasteiger partial charge on any atom is -0.396 e. The summed E-state index contributed by atoms with van der Waals surface area (Å²) in [5.41, 5.74) is -0.200. The van der Waals surface area contributed by atoms with Crippen LogP contribution in [-0.2, 0) is 12.7 Å². The van der Waals surface area contributed by atoms with E-state index in [2.05, 4.69) is 4.90 Å². The Balaban J connectivity index is 2.06. The van der Waals surface area contributed by atoms with Crippen LogP contribution in [0.4, 0.5) is 13.2 Å². The predicted octanol–water partition coefficient (Wildman–Crippen LogP) is 3.30. The quantitative estimate of drug-likeness (QED) is 0.918. The number of piperidine rings is 1. The van der Waals surface area contributed by atoms with Crippen LogP contribution in [-0.4, -0.2) is 29.7 Å². The Hall–Kier alpha value is -1.07. The molecule has 1 N–H and O–H groups in total. The van der Waals surface area contributed by atoms with Gasteiger partial charge < -0.3 is 5.11 Å². The van der Waals surface area contributed by atoms with E-state index in [1.807, 2.05) is 0 Å². The molecule has 1 aliphatic heterocycles. The second-order valence-corrected chi connectivity index (χ2v) is 5.41. The minimum atomic E-state index is -4.29. The number of alkyl halides is 3. The standard InChI is InChI=1S/C15H20F3NO/c16-15(17,18)14-6-2-1-5-13(14)11-19-8-3-4-12(10-19)7-9-20/h1-2,5-6,12,20H,3-4,7-11H2. The van der Waals surface area contributed by atoms with E-state index in [0.29, 0.717) is 18.0 Å². The van der Waals surface area contributed by atoms with Gasteiger partial charge in [0.15, 0.2) is 0 Å². The molecule has 0 spiro atoms. The molecule has 1 aromatic rings. The van der Waals surface area contributed by atoms with Crippen molar-refractivity contribution in [3.05, 3.63) is 35.4 Å². The number of halogens is 3. The maximum Gasteiger partial charge on any atom is 0.416 e. The number of nitrogens with zero attached hydrogens (tertiary/aromatic N) is 1. The van der Waals surface area contributed by atoms with Crippen LogP contribution >= 0.6 is 0 Å². The van der Waals surface area contributed by atoms with Gasteiger partial charge in [-0.1, -0.05) is 18.2 Å². The molecular formula is C15H20F3NO. The average Bonchev–Trinajstić information content (AvgIpc) is 2.39. The number of aliphatic hydroxyl groups is 1. The van der Waals surface area contributed by atoms with Gasteiger partial charge >= 0.3 is 6.18 Å². The number of hydrogen-bond donors (Lipinski definition) is 1. The molecule has 1 unspecified atom stereocenters. The first kappa shape index (κ1) is 15.3. The Kier molecular flexibility index (Phi) is 5.05. The van der Waals surface area contributed by atoms with Gasteiger partial charge in [0.1, 0.15) is 0 Å². The summed E-state index contributed by atoms with van der Waals surface area (Å²) in [5.74, 6) is 0.395. The highest BCUT2D eigenvalue weighted by atomic mass is 19.4. The first-order valence-electron chi connectivity index (χ1n) is 6.99. The van der Waals surface area contributed by atoms with Gasteiger partial charge in [-0.3, -0.25) is 4.90 Å². The summed E-state index contributed by atoms with van der Waals surface area (Å²) >= 11 is 0. The van der Waals surface area contributed by atoms with Crippen molar-refractivity contribution in [3.8, 4) is 0 Å². The third kappa shape index (κ3) is 3.96. The zero-order valence-electron chi connectivity index (χ0n) is 11.4. The summed E-state index contributed by atoms with van der Waals surface area (Å²) in [6, 6.07) is 5.78. The predicted molar refractivity (Wildman–Crippen MR) is 71.1 cm³/mol. The lowest BCUT2D eigenvalue weighted by Gasteiger charge is -2.33. The Labute approximate surface area is 117 Å². The largest absolute Gasteiger partial charge is 0.416 e. The van der Waals surface area contributed by atoms with E-state index in [1.54, 1.807) is 12.1 Å². The molecule has 0 aromatic heterocycles. The molecule has 2 rings (SSSR count). The molecule has 2 nitrogen and oxygen atoms in total. The second-order valence-electron chi connectivity index (χ2n) is 5.41. The molecule has 0 saturated carbocycles. The maximum absolute atomic E-state index is 12.9. The normalized spacial score (nSPS) is 21.1. The molecule has 1 heterocycles. The molecule has 0 amide bonds. The topological polar surface area (TPSA) is 23.5 Å². The number of aliphatic hydroxyl groups excluding tert-OH is 1. The monoisotopic (exact) mass is 287 g/mol. The molecule has 1 atom stereocenters. The summed E-state index contributed by atoms with van der Waals surface area (Å²) in [6.07, 6.45) is -1.52. The van der Waals surface area contributed by atoms with Crippen LogP contribution in [0.25, 0.3) is 0 Å². The van der Waals surface area contributed by atoms with Crippen molar-refractivity contribution in [3.63, 3.8) is 0 Å². The van der Waals surface area contributed by atoms with E-state index >= 15 is 0 Å². The summed E-state index contributed by atoms with van der Waals surface area (Å²) in [5, 5.41) is 8.98. The van der Waals surface area contributed by atoms with Crippen LogP contribution in [0, 0.1) is 5.92 Å². The van der Waals surface area contributed by atoms with Crippen LogP contribution < -0.4 is 0 Å². The van der Waals surface area contributed by atoms with Gasteiger partial charge in [-0.2, -0.15) is 13.2 Å². The van der Waals surface area contributed by atoms with Gasteiger partial charge in [0, 0.05) is 19.7 Å². The zero-order valence-corrected chi connectivity index (χ0v) is 11.4. The molecule has 1 fully saturated rings. The van der Waals surface area contributed by atoms with Gasteiger partial charge in [-0.15, -0.1) is 0 Å². The Morgan fingerprint density at radius 2 is 2.00 bits per heavy atom. The van der Waals surface area contributed by atoms with E-state index in [1.165, 1.54) is 6.07 Å². The number of likely N-dealkylation sites (tertiary alicyclic amines) is 1. The van der Waals surface area contributed by atoms with E-state index in [4.69, 9.17) is 5.11 Å². The van der Waals surface area contributed by atoms with Gasteiger partial charge in [-0.25, -0.2) is 0 Å². The van der Waals surface area contributed by atoms with Crippen molar-refractivity contribution in [1.82, 2.24) is 4.90 Å². The molecule has 0 bridgehead atoms. The molecule has 20 heavy (non-hydrogen) atoms. The van der Waals surface area contributed by atoms with Crippen molar-refractivity contribution in [2.45, 2.75) is 32.0 Å². The Morgan fingerprint density at radius 3 is 2.70 bits per heavy atom. The fraction of sp³-hybridized carbons (Fsp3) is 0.600. The second kappa shape index (κ2) is 6.59. The van der Waals surface area contributed by atoms with Crippen molar-refractivity contribution in [2.24, 2.45) is 5.92 Å². The summed E-state index contributed by atoms with van der Waals surface area (Å²) in [4.78, 5) is 2.06. The Bertz CT molecular complexity index is 431. The van der Waals surface area contributed by atoms with E-state index in [0.717, 1.165) is 38.4 Å². The van der Waals surface area contributed by atoms with Crippen LogP contribution in [0.3, 0.4) is 0 Å². The van der Waals surface area contributed by atoms with E-state index in [9.17, 15) is 13.2 Å². The summed E-state index contributed by atoms with van der Waals surface area (Å²) in [7, 11) is 0. The lowest BCUT2D eigenvalue weighted by Crippen LogP contribution is -2.35. The zero-order chi connectivity index (χ0) is 14.6. The SMILES string of the molecule is OCCC1CCCN(Cc2ccccc2C(F)(F)F)C1. The molecule has 0 aliphatic carbocycles. The maximum atomic E-state index is 12.9. The Morgan fingerprint density at radius 1 is 1.25 bits per heavy atom. The first-order chi connectivity index (χ1) is 9.50. The molecule has 1 saturated heterocycles. The molecule has 1 aromatic carbocycles. The smallest absolute Gasteiger partial charge is 0.396 e. The summed E-state index contributed by atoms with van der Waals surface area (Å²) in [6.45, 7) is 2.08. The fourth-order valence-electron chi connectivity index (χ4n) is 2.89. The lowest BCUT2D eigenvalue weighted by atomic mass is 9.94. The van der Waals surface area contributed by atoms with Crippen LogP contribution in [0.15, 0.2) is 24.3 Å². The lowest BCUT2D eigenvalue weighted by molar-refractivity contribution is -0.138. The van der Waals surface area contributed by atoms with Gasteiger partial charge in [0.05, 0.1) is 5.56 Å². The van der Waals surface area contributed by atoms with Gasteiger partial charge in [0.25, 0.3) is 0 Å². The summed E-state index contributed by atoms with van der Waals surface area (Å²) < 4.78 is 38.8. The highest BCUT2D eigenvalue weighted by Gasteiger charge is 2.33. The highest BCUT2D eigenvalue weighted by Crippen LogP contribution is 2.33. The number of hydrogen-bond acceptors (Lipinski definition) is 2. The number of benzene rings is 1. The molecule has 5 heteroatoms. The van der Waals surface area contributed by atoms with E-state index < -0.39 is 11.7 Å². The average molecular weight is 287 g/mol. The van der Waals surface area contributed by atoms with Crippen LogP contribution in [0.2, 0.25) is 0 Å². The van der Waals surface area contributed by atoms with Gasteiger partial charge in [-0.05, 0) is 43.4 Å². The van der Waals surface area contributed by atoms with Crippen molar-refractivity contribution in [2.75, 3.05) is 19.7 Å². The van der Waals surface area contributed by atoms with Crippen LogP contribution in [0.5, 0.6) is 0 Å².